The zero-order valence-corrected chi connectivity index (χ0v) is 11.2. The number of rotatable bonds is 2. The number of pyridine rings is 1. The van der Waals surface area contributed by atoms with Gasteiger partial charge in [-0.05, 0) is 23.6 Å². The average Bonchev–Trinajstić information content (AvgIpc) is 2.48. The maximum Gasteiger partial charge on any atom is 0.229 e. The molecule has 0 radical (unpaired) electrons. The van der Waals surface area contributed by atoms with Crippen LogP contribution >= 0.6 is 0 Å². The molecule has 3 heteroatoms. The summed E-state index contributed by atoms with van der Waals surface area (Å²) in [5, 5.41) is 2.04. The molecule has 0 N–H and O–H groups in total. The standard InChI is InChI=1S/C17H14N2O/c1-13(20)19(15-8-3-2-4-9-15)17-16-10-6-5-7-14(16)11-12-18-17/h2-12H,1H3. The van der Waals surface area contributed by atoms with Gasteiger partial charge in [0.25, 0.3) is 0 Å². The highest BCUT2D eigenvalue weighted by Gasteiger charge is 2.17. The van der Waals surface area contributed by atoms with Crippen molar-refractivity contribution in [2.24, 2.45) is 0 Å². The van der Waals surface area contributed by atoms with Gasteiger partial charge in [0.05, 0.1) is 5.69 Å². The Morgan fingerprint density at radius 2 is 1.65 bits per heavy atom. The van der Waals surface area contributed by atoms with Crippen molar-refractivity contribution in [3.8, 4) is 0 Å². The van der Waals surface area contributed by atoms with E-state index in [-0.39, 0.29) is 5.91 Å². The van der Waals surface area contributed by atoms with E-state index in [1.54, 1.807) is 18.0 Å². The number of carbonyl (C=O) groups is 1. The number of para-hydroxylation sites is 1. The number of benzene rings is 2. The Hall–Kier alpha value is -2.68. The van der Waals surface area contributed by atoms with Gasteiger partial charge in [-0.2, -0.15) is 0 Å². The molecule has 1 amide bonds. The third-order valence-corrected chi connectivity index (χ3v) is 3.19. The van der Waals surface area contributed by atoms with Gasteiger partial charge in [0, 0.05) is 18.5 Å². The van der Waals surface area contributed by atoms with Crippen LogP contribution in [0.5, 0.6) is 0 Å². The molecule has 0 aliphatic rings. The summed E-state index contributed by atoms with van der Waals surface area (Å²) in [5.74, 6) is 0.613. The molecule has 1 aromatic heterocycles. The molecule has 0 bridgehead atoms. The molecule has 3 rings (SSSR count). The number of fused-ring (bicyclic) bond motifs is 1. The summed E-state index contributed by atoms with van der Waals surface area (Å²) in [6.45, 7) is 1.55. The lowest BCUT2D eigenvalue weighted by atomic mass is 10.1. The van der Waals surface area contributed by atoms with Crippen molar-refractivity contribution in [2.75, 3.05) is 4.90 Å². The Morgan fingerprint density at radius 1 is 0.950 bits per heavy atom. The van der Waals surface area contributed by atoms with Crippen LogP contribution in [-0.4, -0.2) is 10.9 Å². The minimum atomic E-state index is -0.0555. The minimum Gasteiger partial charge on any atom is -0.274 e. The predicted molar refractivity (Wildman–Crippen MR) is 81.0 cm³/mol. The maximum absolute atomic E-state index is 12.1. The van der Waals surface area contributed by atoms with Crippen LogP contribution in [0.15, 0.2) is 66.9 Å². The van der Waals surface area contributed by atoms with Gasteiger partial charge in [0.1, 0.15) is 5.82 Å². The number of anilines is 2. The molecular weight excluding hydrogens is 248 g/mol. The van der Waals surface area contributed by atoms with Crippen molar-refractivity contribution < 1.29 is 4.79 Å². The summed E-state index contributed by atoms with van der Waals surface area (Å²) in [6.07, 6.45) is 1.73. The van der Waals surface area contributed by atoms with E-state index in [4.69, 9.17) is 0 Å². The molecule has 0 spiro atoms. The predicted octanol–water partition coefficient (Wildman–Crippen LogP) is 3.92. The van der Waals surface area contributed by atoms with Gasteiger partial charge in [-0.1, -0.05) is 42.5 Å². The van der Waals surface area contributed by atoms with E-state index in [1.807, 2.05) is 60.7 Å². The average molecular weight is 262 g/mol. The monoisotopic (exact) mass is 262 g/mol. The van der Waals surface area contributed by atoms with Crippen LogP contribution in [0.3, 0.4) is 0 Å². The maximum atomic E-state index is 12.1. The topological polar surface area (TPSA) is 33.2 Å². The molecule has 3 nitrogen and oxygen atoms in total. The zero-order chi connectivity index (χ0) is 13.9. The highest BCUT2D eigenvalue weighted by Crippen LogP contribution is 2.30. The number of nitrogens with zero attached hydrogens (tertiary/aromatic N) is 2. The van der Waals surface area contributed by atoms with Crippen LogP contribution in [0.25, 0.3) is 10.8 Å². The first-order valence-electron chi connectivity index (χ1n) is 6.47. The van der Waals surface area contributed by atoms with Crippen molar-refractivity contribution in [1.82, 2.24) is 4.98 Å². The van der Waals surface area contributed by atoms with Gasteiger partial charge in [-0.25, -0.2) is 4.98 Å². The first kappa shape index (κ1) is 12.4. The van der Waals surface area contributed by atoms with Crippen molar-refractivity contribution in [3.63, 3.8) is 0 Å². The fourth-order valence-corrected chi connectivity index (χ4v) is 2.31. The number of amides is 1. The van der Waals surface area contributed by atoms with Gasteiger partial charge in [0.2, 0.25) is 5.91 Å². The molecule has 20 heavy (non-hydrogen) atoms. The highest BCUT2D eigenvalue weighted by molar-refractivity contribution is 6.05. The third kappa shape index (κ3) is 2.14. The van der Waals surface area contributed by atoms with Crippen LogP contribution in [-0.2, 0) is 4.79 Å². The number of hydrogen-bond acceptors (Lipinski definition) is 2. The van der Waals surface area contributed by atoms with Crippen LogP contribution < -0.4 is 4.90 Å². The Morgan fingerprint density at radius 3 is 2.40 bits per heavy atom. The van der Waals surface area contributed by atoms with Gasteiger partial charge in [-0.3, -0.25) is 9.69 Å². The lowest BCUT2D eigenvalue weighted by Crippen LogP contribution is -2.23. The fourth-order valence-electron chi connectivity index (χ4n) is 2.31. The molecular formula is C17H14N2O. The first-order chi connectivity index (χ1) is 9.77. The van der Waals surface area contributed by atoms with Gasteiger partial charge in [0.15, 0.2) is 0 Å². The second kappa shape index (κ2) is 5.13. The molecule has 0 fully saturated rings. The Kier molecular flexibility index (Phi) is 3.17. The van der Waals surface area contributed by atoms with Crippen molar-refractivity contribution >= 4 is 28.2 Å². The third-order valence-electron chi connectivity index (χ3n) is 3.19. The molecule has 0 atom stereocenters. The molecule has 0 aliphatic carbocycles. The van der Waals surface area contributed by atoms with E-state index in [1.165, 1.54) is 0 Å². The molecule has 98 valence electrons. The van der Waals surface area contributed by atoms with E-state index < -0.39 is 0 Å². The second-order valence-electron chi connectivity index (χ2n) is 4.55. The van der Waals surface area contributed by atoms with Crippen LogP contribution in [0, 0.1) is 0 Å². The lowest BCUT2D eigenvalue weighted by molar-refractivity contribution is -0.115. The number of hydrogen-bond donors (Lipinski definition) is 0. The summed E-state index contributed by atoms with van der Waals surface area (Å²) in [5.41, 5.74) is 0.823. The molecule has 0 unspecified atom stereocenters. The van der Waals surface area contributed by atoms with Crippen molar-refractivity contribution in [2.45, 2.75) is 6.92 Å². The summed E-state index contributed by atoms with van der Waals surface area (Å²) < 4.78 is 0. The number of aromatic nitrogens is 1. The van der Waals surface area contributed by atoms with Crippen molar-refractivity contribution in [3.05, 3.63) is 66.9 Å². The largest absolute Gasteiger partial charge is 0.274 e. The van der Waals surface area contributed by atoms with E-state index in [2.05, 4.69) is 4.98 Å². The Labute approximate surface area is 117 Å². The molecule has 2 aromatic carbocycles. The quantitative estimate of drug-likeness (QED) is 0.701. The Balaban J connectivity index is 2.23. The summed E-state index contributed by atoms with van der Waals surface area (Å²) in [7, 11) is 0. The van der Waals surface area contributed by atoms with Gasteiger partial charge >= 0.3 is 0 Å². The summed E-state index contributed by atoms with van der Waals surface area (Å²) in [6, 6.07) is 19.5. The first-order valence-corrected chi connectivity index (χ1v) is 6.47. The minimum absolute atomic E-state index is 0.0555. The SMILES string of the molecule is CC(=O)N(c1ccccc1)c1nccc2ccccc12. The van der Waals surface area contributed by atoms with Gasteiger partial charge < -0.3 is 0 Å². The molecule has 0 aliphatic heterocycles. The number of carbonyl (C=O) groups excluding carboxylic acids is 1. The van der Waals surface area contributed by atoms with E-state index >= 15 is 0 Å². The molecule has 1 heterocycles. The lowest BCUT2D eigenvalue weighted by Gasteiger charge is -2.21. The summed E-state index contributed by atoms with van der Waals surface area (Å²) in [4.78, 5) is 18.1. The van der Waals surface area contributed by atoms with E-state index in [0.717, 1.165) is 16.5 Å². The van der Waals surface area contributed by atoms with Crippen LogP contribution in [0.4, 0.5) is 11.5 Å². The van der Waals surface area contributed by atoms with E-state index in [9.17, 15) is 4.79 Å². The zero-order valence-electron chi connectivity index (χ0n) is 11.2. The fraction of sp³-hybridized carbons (Fsp3) is 0.0588. The Bertz CT molecular complexity index is 748. The summed E-state index contributed by atoms with van der Waals surface area (Å²) >= 11 is 0. The highest BCUT2D eigenvalue weighted by atomic mass is 16.2. The van der Waals surface area contributed by atoms with Crippen LogP contribution in [0.1, 0.15) is 6.92 Å². The molecule has 0 saturated heterocycles. The molecule has 0 saturated carbocycles. The second-order valence-corrected chi connectivity index (χ2v) is 4.55. The normalized spacial score (nSPS) is 10.4. The van der Waals surface area contributed by atoms with E-state index in [0.29, 0.717) is 5.82 Å². The van der Waals surface area contributed by atoms with Crippen LogP contribution in [0.2, 0.25) is 0 Å². The van der Waals surface area contributed by atoms with Crippen molar-refractivity contribution in [1.29, 1.82) is 0 Å². The smallest absolute Gasteiger partial charge is 0.229 e. The van der Waals surface area contributed by atoms with Gasteiger partial charge in [-0.15, -0.1) is 0 Å². The molecule has 3 aromatic rings.